The highest BCUT2D eigenvalue weighted by atomic mass is 16.3. The van der Waals surface area contributed by atoms with Gasteiger partial charge < -0.3 is 21.5 Å². The summed E-state index contributed by atoms with van der Waals surface area (Å²) in [6, 6.07) is 9.08. The number of amides is 3. The molecule has 1 aromatic carbocycles. The van der Waals surface area contributed by atoms with Crippen molar-refractivity contribution in [1.82, 2.24) is 10.3 Å². The number of nitrogens with two attached hydrogens (primary N) is 1. The fourth-order valence-electron chi connectivity index (χ4n) is 2.25. The Kier molecular flexibility index (Phi) is 5.14. The van der Waals surface area contributed by atoms with Gasteiger partial charge in [-0.05, 0) is 30.2 Å². The molecule has 1 heterocycles. The fraction of sp³-hybridized carbons (Fsp3) is 0.188. The zero-order valence-corrected chi connectivity index (χ0v) is 12.6. The molecule has 2 rings (SSSR count). The van der Waals surface area contributed by atoms with Gasteiger partial charge in [0, 0.05) is 6.20 Å². The first-order valence-electron chi connectivity index (χ1n) is 7.02. The summed E-state index contributed by atoms with van der Waals surface area (Å²) in [5, 5.41) is 14.7. The monoisotopic (exact) mass is 314 g/mol. The van der Waals surface area contributed by atoms with E-state index in [0.29, 0.717) is 0 Å². The maximum atomic E-state index is 12.2. The van der Waals surface area contributed by atoms with E-state index in [1.54, 1.807) is 6.07 Å². The third-order valence-electron chi connectivity index (χ3n) is 3.31. The van der Waals surface area contributed by atoms with E-state index in [4.69, 9.17) is 5.73 Å². The molecular formula is C16H18N4O3. The van der Waals surface area contributed by atoms with Crippen molar-refractivity contribution in [3.05, 3.63) is 53.7 Å². The average Bonchev–Trinajstić information content (AvgIpc) is 2.49. The van der Waals surface area contributed by atoms with E-state index in [1.807, 2.05) is 31.2 Å². The molecule has 1 aromatic heterocycles. The topological polar surface area (TPSA) is 117 Å². The van der Waals surface area contributed by atoms with Gasteiger partial charge in [0.05, 0.1) is 12.5 Å². The van der Waals surface area contributed by atoms with Crippen molar-refractivity contribution in [2.24, 2.45) is 5.73 Å². The predicted octanol–water partition coefficient (Wildman–Crippen LogP) is 1.83. The number of aromatic hydroxyl groups is 1. The van der Waals surface area contributed by atoms with Gasteiger partial charge in [0.25, 0.3) is 0 Å². The summed E-state index contributed by atoms with van der Waals surface area (Å²) in [6.07, 6.45) is 1.42. The Morgan fingerprint density at radius 1 is 1.26 bits per heavy atom. The zero-order chi connectivity index (χ0) is 16.8. The van der Waals surface area contributed by atoms with E-state index in [9.17, 15) is 14.7 Å². The Hall–Kier alpha value is -3.09. The zero-order valence-electron chi connectivity index (χ0n) is 12.6. The van der Waals surface area contributed by atoms with Crippen LogP contribution < -0.4 is 16.4 Å². The van der Waals surface area contributed by atoms with Crippen molar-refractivity contribution in [1.29, 1.82) is 0 Å². The lowest BCUT2D eigenvalue weighted by Gasteiger charge is -2.19. The van der Waals surface area contributed by atoms with E-state index in [2.05, 4.69) is 15.6 Å². The normalized spacial score (nSPS) is 11.5. The molecule has 7 heteroatoms. The van der Waals surface area contributed by atoms with Crippen molar-refractivity contribution >= 4 is 17.8 Å². The van der Waals surface area contributed by atoms with Gasteiger partial charge in [0.1, 0.15) is 0 Å². The van der Waals surface area contributed by atoms with Gasteiger partial charge in [-0.1, -0.05) is 24.3 Å². The molecule has 1 unspecified atom stereocenters. The molecule has 0 aliphatic rings. The van der Waals surface area contributed by atoms with Crippen LogP contribution in [-0.4, -0.2) is 22.0 Å². The quantitative estimate of drug-likeness (QED) is 0.673. The number of carbonyl (C=O) groups is 2. The van der Waals surface area contributed by atoms with Crippen LogP contribution >= 0.6 is 0 Å². The number of pyridine rings is 1. The van der Waals surface area contributed by atoms with E-state index < -0.39 is 18.0 Å². The Morgan fingerprint density at radius 3 is 2.65 bits per heavy atom. The van der Waals surface area contributed by atoms with E-state index >= 15 is 0 Å². The van der Waals surface area contributed by atoms with Gasteiger partial charge in [-0.25, -0.2) is 9.78 Å². The number of anilines is 1. The molecule has 120 valence electrons. The number of rotatable bonds is 5. The minimum Gasteiger partial charge on any atom is -0.504 e. The summed E-state index contributed by atoms with van der Waals surface area (Å²) in [5.41, 5.74) is 6.93. The fourth-order valence-corrected chi connectivity index (χ4v) is 2.25. The Bertz CT molecular complexity index is 718. The van der Waals surface area contributed by atoms with Crippen molar-refractivity contribution in [2.75, 3.05) is 5.32 Å². The molecule has 0 spiro atoms. The lowest BCUT2D eigenvalue weighted by atomic mass is 9.98. The molecule has 0 radical (unpaired) electrons. The smallest absolute Gasteiger partial charge is 0.312 e. The SMILES string of the molecule is Cc1ccccc1C(CC(=O)Nc1ncccc1O)NC(N)=O. The number of nitrogens with zero attached hydrogens (tertiary/aromatic N) is 1. The Labute approximate surface area is 133 Å². The standard InChI is InChI=1S/C16H18N4O3/c1-10-5-2-3-6-11(10)12(19-16(17)23)9-14(22)20-15-13(21)7-4-8-18-15/h2-8,12,21H,9H2,1H3,(H3,17,19,23)(H,18,20,22). The largest absolute Gasteiger partial charge is 0.504 e. The van der Waals surface area contributed by atoms with Crippen molar-refractivity contribution in [3.63, 3.8) is 0 Å². The number of aryl methyl sites for hydroxylation is 1. The van der Waals surface area contributed by atoms with Gasteiger partial charge in [-0.15, -0.1) is 0 Å². The second kappa shape index (κ2) is 7.26. The first-order valence-corrected chi connectivity index (χ1v) is 7.02. The van der Waals surface area contributed by atoms with Gasteiger partial charge in [0.15, 0.2) is 11.6 Å². The van der Waals surface area contributed by atoms with Crippen LogP contribution in [-0.2, 0) is 4.79 Å². The first-order chi connectivity index (χ1) is 11.0. The molecule has 0 saturated carbocycles. The van der Waals surface area contributed by atoms with Crippen LogP contribution in [0.25, 0.3) is 0 Å². The summed E-state index contributed by atoms with van der Waals surface area (Å²) in [7, 11) is 0. The predicted molar refractivity (Wildman–Crippen MR) is 85.8 cm³/mol. The van der Waals surface area contributed by atoms with Gasteiger partial charge in [-0.3, -0.25) is 4.79 Å². The number of urea groups is 1. The molecule has 23 heavy (non-hydrogen) atoms. The van der Waals surface area contributed by atoms with Crippen LogP contribution in [0.5, 0.6) is 5.75 Å². The molecule has 1 atom stereocenters. The third kappa shape index (κ3) is 4.44. The second-order valence-corrected chi connectivity index (χ2v) is 5.04. The summed E-state index contributed by atoms with van der Waals surface area (Å²) >= 11 is 0. The number of nitrogens with one attached hydrogen (secondary N) is 2. The van der Waals surface area contributed by atoms with Gasteiger partial charge in [-0.2, -0.15) is 0 Å². The molecule has 3 amide bonds. The highest BCUT2D eigenvalue weighted by molar-refractivity contribution is 5.91. The summed E-state index contributed by atoms with van der Waals surface area (Å²) in [5.74, 6) is -0.461. The van der Waals surface area contributed by atoms with Crippen LogP contribution in [0.4, 0.5) is 10.6 Å². The van der Waals surface area contributed by atoms with Crippen LogP contribution in [0.3, 0.4) is 0 Å². The second-order valence-electron chi connectivity index (χ2n) is 5.04. The lowest BCUT2D eigenvalue weighted by Crippen LogP contribution is -2.35. The first kappa shape index (κ1) is 16.3. The minimum atomic E-state index is -0.716. The molecule has 0 aliphatic heterocycles. The number of hydrogen-bond acceptors (Lipinski definition) is 4. The van der Waals surface area contributed by atoms with E-state index in [0.717, 1.165) is 11.1 Å². The maximum absolute atomic E-state index is 12.2. The van der Waals surface area contributed by atoms with Gasteiger partial charge in [0.2, 0.25) is 5.91 Å². The summed E-state index contributed by atoms with van der Waals surface area (Å²) in [4.78, 5) is 27.3. The van der Waals surface area contributed by atoms with Crippen molar-refractivity contribution < 1.29 is 14.7 Å². The van der Waals surface area contributed by atoms with Gasteiger partial charge >= 0.3 is 6.03 Å². The molecule has 7 nitrogen and oxygen atoms in total. The number of primary amides is 1. The molecule has 2 aromatic rings. The molecule has 5 N–H and O–H groups in total. The van der Waals surface area contributed by atoms with Crippen molar-refractivity contribution in [2.45, 2.75) is 19.4 Å². The average molecular weight is 314 g/mol. The Morgan fingerprint density at radius 2 is 2.00 bits per heavy atom. The van der Waals surface area contributed by atoms with Crippen LogP contribution in [0.2, 0.25) is 0 Å². The molecule has 0 saturated heterocycles. The number of hydrogen-bond donors (Lipinski definition) is 4. The van der Waals surface area contributed by atoms with Crippen LogP contribution in [0.1, 0.15) is 23.6 Å². The van der Waals surface area contributed by atoms with Crippen LogP contribution in [0, 0.1) is 6.92 Å². The highest BCUT2D eigenvalue weighted by Gasteiger charge is 2.19. The molecular weight excluding hydrogens is 296 g/mol. The molecule has 0 bridgehead atoms. The van der Waals surface area contributed by atoms with E-state index in [1.165, 1.54) is 12.3 Å². The number of carbonyl (C=O) groups excluding carboxylic acids is 2. The maximum Gasteiger partial charge on any atom is 0.312 e. The Balaban J connectivity index is 2.15. The minimum absolute atomic E-state index is 0.0379. The number of aromatic nitrogens is 1. The van der Waals surface area contributed by atoms with E-state index in [-0.39, 0.29) is 18.0 Å². The molecule has 0 aliphatic carbocycles. The summed E-state index contributed by atoms with van der Waals surface area (Å²) in [6.45, 7) is 1.88. The highest BCUT2D eigenvalue weighted by Crippen LogP contribution is 2.23. The lowest BCUT2D eigenvalue weighted by molar-refractivity contribution is -0.116. The summed E-state index contributed by atoms with van der Waals surface area (Å²) < 4.78 is 0. The number of benzene rings is 1. The third-order valence-corrected chi connectivity index (χ3v) is 3.31. The van der Waals surface area contributed by atoms with Crippen molar-refractivity contribution in [3.8, 4) is 5.75 Å². The molecule has 0 fully saturated rings. The van der Waals surface area contributed by atoms with Crippen LogP contribution in [0.15, 0.2) is 42.6 Å².